The lowest BCUT2D eigenvalue weighted by atomic mass is 10.1. The second-order valence-corrected chi connectivity index (χ2v) is 7.39. The van der Waals surface area contributed by atoms with E-state index in [1.165, 1.54) is 19.2 Å². The van der Waals surface area contributed by atoms with Crippen molar-refractivity contribution in [3.8, 4) is 5.75 Å². The van der Waals surface area contributed by atoms with E-state index in [1.54, 1.807) is 6.92 Å². The molecule has 6 nitrogen and oxygen atoms in total. The van der Waals surface area contributed by atoms with Crippen molar-refractivity contribution in [2.45, 2.75) is 11.8 Å². The molecule has 2 aromatic rings. The Morgan fingerprint density at radius 2 is 1.96 bits per heavy atom. The van der Waals surface area contributed by atoms with Gasteiger partial charge in [0.2, 0.25) is 0 Å². The Kier molecular flexibility index (Phi) is 5.14. The van der Waals surface area contributed by atoms with Gasteiger partial charge in [-0.15, -0.1) is 0 Å². The Hall–Kier alpha value is -2.13. The maximum absolute atomic E-state index is 13.5. The zero-order valence-corrected chi connectivity index (χ0v) is 15.0. The van der Waals surface area contributed by atoms with Gasteiger partial charge in [-0.1, -0.05) is 6.07 Å². The first-order chi connectivity index (χ1) is 11.2. The molecule has 0 unspecified atom stereocenters. The number of sulfonamides is 1. The highest BCUT2D eigenvalue weighted by Gasteiger charge is 2.21. The molecule has 0 radical (unpaired) electrons. The van der Waals surface area contributed by atoms with Crippen molar-refractivity contribution in [1.82, 2.24) is 0 Å². The SMILES string of the molecule is COc1c(Br)cc(F)cc1NS(=O)(=O)c1ccc(C)c(C(=O)O)c1. The lowest BCUT2D eigenvalue weighted by molar-refractivity contribution is 0.0696. The van der Waals surface area contributed by atoms with Crippen molar-refractivity contribution in [3.63, 3.8) is 0 Å². The molecule has 0 aromatic heterocycles. The summed E-state index contributed by atoms with van der Waals surface area (Å²) >= 11 is 3.08. The van der Waals surface area contributed by atoms with Gasteiger partial charge in [-0.25, -0.2) is 17.6 Å². The van der Waals surface area contributed by atoms with Crippen molar-refractivity contribution in [2.24, 2.45) is 0 Å². The van der Waals surface area contributed by atoms with Gasteiger partial charge in [0.25, 0.3) is 10.0 Å². The lowest BCUT2D eigenvalue weighted by Gasteiger charge is -2.14. The number of hydrogen-bond donors (Lipinski definition) is 2. The van der Waals surface area contributed by atoms with Crippen molar-refractivity contribution in [3.05, 3.63) is 51.7 Å². The largest absolute Gasteiger partial charge is 0.493 e. The van der Waals surface area contributed by atoms with E-state index in [0.29, 0.717) is 5.56 Å². The fraction of sp³-hybridized carbons (Fsp3) is 0.133. The van der Waals surface area contributed by atoms with E-state index in [4.69, 9.17) is 9.84 Å². The van der Waals surface area contributed by atoms with E-state index in [1.807, 2.05) is 0 Å². The topological polar surface area (TPSA) is 92.7 Å². The van der Waals surface area contributed by atoms with Crippen LogP contribution in [0, 0.1) is 12.7 Å². The van der Waals surface area contributed by atoms with Crippen molar-refractivity contribution in [2.75, 3.05) is 11.8 Å². The van der Waals surface area contributed by atoms with Crippen LogP contribution >= 0.6 is 15.9 Å². The van der Waals surface area contributed by atoms with Gasteiger partial charge in [0.15, 0.2) is 5.75 Å². The highest BCUT2D eigenvalue weighted by Crippen LogP contribution is 2.35. The highest BCUT2D eigenvalue weighted by atomic mass is 79.9. The van der Waals surface area contributed by atoms with Crippen LogP contribution in [0.15, 0.2) is 39.7 Å². The number of rotatable bonds is 5. The molecule has 0 spiro atoms. The predicted molar refractivity (Wildman–Crippen MR) is 89.6 cm³/mol. The fourth-order valence-electron chi connectivity index (χ4n) is 2.05. The van der Waals surface area contributed by atoms with Crippen molar-refractivity contribution >= 4 is 37.6 Å². The number of ether oxygens (including phenoxy) is 1. The highest BCUT2D eigenvalue weighted by molar-refractivity contribution is 9.10. The van der Waals surface area contributed by atoms with Crippen molar-refractivity contribution in [1.29, 1.82) is 0 Å². The van der Waals surface area contributed by atoms with Gasteiger partial charge in [0.1, 0.15) is 5.82 Å². The molecule has 0 atom stereocenters. The van der Waals surface area contributed by atoms with Crippen LogP contribution in [0.2, 0.25) is 0 Å². The Balaban J connectivity index is 2.50. The fourth-order valence-corrected chi connectivity index (χ4v) is 3.72. The normalized spacial score (nSPS) is 11.2. The molecule has 24 heavy (non-hydrogen) atoms. The molecular weight excluding hydrogens is 405 g/mol. The second-order valence-electron chi connectivity index (χ2n) is 4.86. The minimum absolute atomic E-state index is 0.102. The van der Waals surface area contributed by atoms with Gasteiger partial charge < -0.3 is 9.84 Å². The number of aromatic carboxylic acids is 1. The Morgan fingerprint density at radius 1 is 1.29 bits per heavy atom. The van der Waals surface area contributed by atoms with Crippen LogP contribution in [0.3, 0.4) is 0 Å². The van der Waals surface area contributed by atoms with E-state index < -0.39 is 21.8 Å². The van der Waals surface area contributed by atoms with Gasteiger partial charge in [0.05, 0.1) is 27.7 Å². The zero-order chi connectivity index (χ0) is 18.1. The lowest BCUT2D eigenvalue weighted by Crippen LogP contribution is -2.15. The molecule has 0 saturated heterocycles. The number of aryl methyl sites for hydroxylation is 1. The Labute approximate surface area is 146 Å². The van der Waals surface area contributed by atoms with Gasteiger partial charge in [-0.05, 0) is 46.6 Å². The predicted octanol–water partition coefficient (Wildman–Crippen LogP) is 3.40. The minimum Gasteiger partial charge on any atom is -0.493 e. The van der Waals surface area contributed by atoms with E-state index in [2.05, 4.69) is 20.7 Å². The molecule has 0 heterocycles. The van der Waals surface area contributed by atoms with Gasteiger partial charge >= 0.3 is 5.97 Å². The molecule has 0 saturated carbocycles. The van der Waals surface area contributed by atoms with Crippen LogP contribution in [0.25, 0.3) is 0 Å². The number of anilines is 1. The van der Waals surface area contributed by atoms with E-state index in [9.17, 15) is 17.6 Å². The summed E-state index contributed by atoms with van der Waals surface area (Å²) in [7, 11) is -2.82. The maximum atomic E-state index is 13.5. The van der Waals surface area contributed by atoms with Gasteiger partial charge in [-0.2, -0.15) is 0 Å². The number of carboxylic acid groups (broad SMARTS) is 1. The monoisotopic (exact) mass is 417 g/mol. The summed E-state index contributed by atoms with van der Waals surface area (Å²) in [6.07, 6.45) is 0. The Bertz CT molecular complexity index is 914. The number of carboxylic acids is 1. The second kappa shape index (κ2) is 6.78. The van der Waals surface area contributed by atoms with Crippen LogP contribution < -0.4 is 9.46 Å². The molecule has 0 amide bonds. The van der Waals surface area contributed by atoms with Crippen LogP contribution in [-0.2, 0) is 10.0 Å². The molecule has 0 aliphatic carbocycles. The summed E-state index contributed by atoms with van der Waals surface area (Å²) in [4.78, 5) is 10.9. The standard InChI is InChI=1S/C15H13BrFNO5S/c1-8-3-4-10(7-11(8)15(19)20)24(21,22)18-13-6-9(17)5-12(16)14(13)23-2/h3-7,18H,1-2H3,(H,19,20). The summed E-state index contributed by atoms with van der Waals surface area (Å²) < 4.78 is 46.0. The summed E-state index contributed by atoms with van der Waals surface area (Å²) in [6, 6.07) is 5.79. The first kappa shape index (κ1) is 18.2. The minimum atomic E-state index is -4.13. The van der Waals surface area contributed by atoms with E-state index in [-0.39, 0.29) is 26.4 Å². The third-order valence-corrected chi connectivity index (χ3v) is 5.16. The third kappa shape index (κ3) is 3.68. The van der Waals surface area contributed by atoms with Gasteiger partial charge in [-0.3, -0.25) is 4.72 Å². The molecule has 2 rings (SSSR count). The quantitative estimate of drug-likeness (QED) is 0.777. The van der Waals surface area contributed by atoms with Crippen LogP contribution in [-0.4, -0.2) is 26.6 Å². The van der Waals surface area contributed by atoms with E-state index >= 15 is 0 Å². The molecule has 9 heteroatoms. The first-order valence-corrected chi connectivity index (χ1v) is 8.83. The van der Waals surface area contributed by atoms with Crippen LogP contribution in [0.4, 0.5) is 10.1 Å². The summed E-state index contributed by atoms with van der Waals surface area (Å²) in [5.41, 5.74) is 0.180. The average molecular weight is 418 g/mol. The summed E-state index contributed by atoms with van der Waals surface area (Å²) in [6.45, 7) is 1.56. The first-order valence-electron chi connectivity index (χ1n) is 6.55. The third-order valence-electron chi connectivity index (χ3n) is 3.21. The van der Waals surface area contributed by atoms with Crippen LogP contribution in [0.5, 0.6) is 5.75 Å². The Morgan fingerprint density at radius 3 is 2.54 bits per heavy atom. The van der Waals surface area contributed by atoms with Gasteiger partial charge in [0, 0.05) is 6.07 Å². The molecule has 0 aliphatic heterocycles. The number of nitrogens with one attached hydrogen (secondary N) is 1. The number of hydrogen-bond acceptors (Lipinski definition) is 4. The number of halogens is 2. The molecular formula is C15H13BrFNO5S. The van der Waals surface area contributed by atoms with Crippen LogP contribution in [0.1, 0.15) is 15.9 Å². The maximum Gasteiger partial charge on any atom is 0.335 e. The summed E-state index contributed by atoms with van der Waals surface area (Å²) in [5.74, 6) is -1.81. The zero-order valence-electron chi connectivity index (χ0n) is 12.6. The number of methoxy groups -OCH3 is 1. The summed E-state index contributed by atoms with van der Waals surface area (Å²) in [5, 5.41) is 9.11. The van der Waals surface area contributed by atoms with E-state index in [0.717, 1.165) is 18.2 Å². The molecule has 2 N–H and O–H groups in total. The number of carbonyl (C=O) groups is 1. The molecule has 128 valence electrons. The molecule has 0 fully saturated rings. The smallest absolute Gasteiger partial charge is 0.335 e. The molecule has 2 aromatic carbocycles. The average Bonchev–Trinajstić information content (AvgIpc) is 2.46. The molecule has 0 aliphatic rings. The number of benzene rings is 2. The molecule has 0 bridgehead atoms. The van der Waals surface area contributed by atoms with Crippen molar-refractivity contribution < 1.29 is 27.4 Å².